The molecule has 2 saturated carbocycles. The van der Waals surface area contributed by atoms with E-state index < -0.39 is 23.2 Å². The number of benzene rings is 2. The predicted octanol–water partition coefficient (Wildman–Crippen LogP) is 2.62. The molecule has 2 bridgehead atoms. The van der Waals surface area contributed by atoms with Crippen LogP contribution >= 0.6 is 0 Å². The van der Waals surface area contributed by atoms with Gasteiger partial charge in [-0.1, -0.05) is 18.2 Å². The van der Waals surface area contributed by atoms with Crippen molar-refractivity contribution in [3.63, 3.8) is 0 Å². The molecule has 1 saturated heterocycles. The van der Waals surface area contributed by atoms with Crippen molar-refractivity contribution in [2.45, 2.75) is 67.7 Å². The molecule has 7 nitrogen and oxygen atoms in total. The van der Waals surface area contributed by atoms with Gasteiger partial charge in [-0.2, -0.15) is 0 Å². The van der Waals surface area contributed by atoms with Crippen LogP contribution in [0.15, 0.2) is 36.4 Å². The Kier molecular flexibility index (Phi) is 3.74. The number of phenolic OH excluding ortho intramolecular Hbond substituents is 1. The molecule has 2 N–H and O–H groups in total. The van der Waals surface area contributed by atoms with E-state index in [2.05, 4.69) is 4.90 Å². The van der Waals surface area contributed by atoms with Crippen LogP contribution in [0.25, 0.3) is 0 Å². The summed E-state index contributed by atoms with van der Waals surface area (Å²) in [5.41, 5.74) is 1.09. The Morgan fingerprint density at radius 3 is 2.46 bits per heavy atom. The van der Waals surface area contributed by atoms with Gasteiger partial charge in [-0.15, -0.1) is 0 Å². The molecule has 35 heavy (non-hydrogen) atoms. The number of piperidine rings is 1. The van der Waals surface area contributed by atoms with Crippen molar-refractivity contribution in [1.29, 1.82) is 0 Å². The van der Waals surface area contributed by atoms with Crippen molar-refractivity contribution in [3.8, 4) is 11.5 Å². The van der Waals surface area contributed by atoms with Gasteiger partial charge in [-0.05, 0) is 74.8 Å². The van der Waals surface area contributed by atoms with E-state index in [9.17, 15) is 19.8 Å². The molecule has 2 amide bonds. The minimum Gasteiger partial charge on any atom is -0.504 e. The minimum absolute atomic E-state index is 0.0333. The van der Waals surface area contributed by atoms with Crippen molar-refractivity contribution in [1.82, 2.24) is 9.80 Å². The molecule has 3 fully saturated rings. The van der Waals surface area contributed by atoms with Crippen LogP contribution in [0.1, 0.15) is 63.9 Å². The third-order valence-electron chi connectivity index (χ3n) is 9.89. The molecule has 2 aromatic rings. The van der Waals surface area contributed by atoms with Crippen LogP contribution in [0.2, 0.25) is 0 Å². The monoisotopic (exact) mass is 472 g/mol. The zero-order chi connectivity index (χ0) is 23.7. The highest BCUT2D eigenvalue weighted by atomic mass is 16.5. The normalized spacial score (nSPS) is 36.7. The van der Waals surface area contributed by atoms with Gasteiger partial charge in [0.15, 0.2) is 11.5 Å². The smallest absolute Gasteiger partial charge is 0.261 e. The zero-order valence-electron chi connectivity index (χ0n) is 19.4. The average Bonchev–Trinajstić information content (AvgIpc) is 3.54. The summed E-state index contributed by atoms with van der Waals surface area (Å²) in [6.07, 6.45) is 4.31. The lowest BCUT2D eigenvalue weighted by Gasteiger charge is -2.64. The molecule has 180 valence electrons. The first kappa shape index (κ1) is 20.3. The zero-order valence-corrected chi connectivity index (χ0v) is 19.4. The van der Waals surface area contributed by atoms with Gasteiger partial charge in [0, 0.05) is 18.2 Å². The standard InChI is InChI=1S/C28H28N2O5/c31-20-8-7-16-13-21-28(34)10-9-19(30-25(32)17-3-1-2-4-18(17)26(30)33)24-27(28,22(16)23(20)35-24)11-12-29(21)14-15-5-6-15/h1-4,7-8,15,19,21,24,31,34H,5-6,9-14H2/t19-,21+,24+,27+,28-/m1/s1. The van der Waals surface area contributed by atoms with Crippen LogP contribution in [0.5, 0.6) is 11.5 Å². The maximum atomic E-state index is 13.5. The van der Waals surface area contributed by atoms with E-state index >= 15 is 0 Å². The molecule has 0 radical (unpaired) electrons. The van der Waals surface area contributed by atoms with Crippen molar-refractivity contribution < 1.29 is 24.5 Å². The maximum absolute atomic E-state index is 13.5. The molecule has 2 aromatic carbocycles. The van der Waals surface area contributed by atoms with Gasteiger partial charge in [-0.3, -0.25) is 19.4 Å². The number of ether oxygens (including phenoxy) is 1. The summed E-state index contributed by atoms with van der Waals surface area (Å²) in [5.74, 6) is 0.632. The highest BCUT2D eigenvalue weighted by Gasteiger charge is 2.74. The molecule has 3 heterocycles. The molecular weight excluding hydrogens is 444 g/mol. The number of imide groups is 1. The fourth-order valence-corrected chi connectivity index (χ4v) is 8.23. The van der Waals surface area contributed by atoms with Gasteiger partial charge in [0.25, 0.3) is 11.8 Å². The van der Waals surface area contributed by atoms with Gasteiger partial charge in [0.1, 0.15) is 6.10 Å². The van der Waals surface area contributed by atoms with Crippen LogP contribution in [0.3, 0.4) is 0 Å². The number of amides is 2. The van der Waals surface area contributed by atoms with Crippen LogP contribution in [-0.2, 0) is 11.8 Å². The van der Waals surface area contributed by atoms with Crippen molar-refractivity contribution in [2.24, 2.45) is 5.92 Å². The molecule has 5 atom stereocenters. The molecule has 7 heteroatoms. The number of aromatic hydroxyl groups is 1. The number of hydrogen-bond donors (Lipinski definition) is 2. The average molecular weight is 473 g/mol. The van der Waals surface area contributed by atoms with E-state index in [1.165, 1.54) is 17.7 Å². The lowest BCUT2D eigenvalue weighted by atomic mass is 9.48. The number of fused-ring (bicyclic) bond motifs is 1. The topological polar surface area (TPSA) is 90.3 Å². The molecule has 8 rings (SSSR count). The van der Waals surface area contributed by atoms with Crippen molar-refractivity contribution in [2.75, 3.05) is 13.1 Å². The van der Waals surface area contributed by atoms with Gasteiger partial charge in [0.05, 0.1) is 28.2 Å². The van der Waals surface area contributed by atoms with Crippen LogP contribution < -0.4 is 4.74 Å². The number of rotatable bonds is 3. The first-order valence-electron chi connectivity index (χ1n) is 12.9. The Morgan fingerprint density at radius 2 is 1.74 bits per heavy atom. The Morgan fingerprint density at radius 1 is 1.00 bits per heavy atom. The van der Waals surface area contributed by atoms with Gasteiger partial charge < -0.3 is 14.9 Å². The van der Waals surface area contributed by atoms with Gasteiger partial charge >= 0.3 is 0 Å². The van der Waals surface area contributed by atoms with E-state index in [0.717, 1.165) is 36.6 Å². The summed E-state index contributed by atoms with van der Waals surface area (Å²) in [5, 5.41) is 23.4. The fraction of sp³-hybridized carbons (Fsp3) is 0.500. The highest BCUT2D eigenvalue weighted by molar-refractivity contribution is 6.21. The molecule has 1 spiro atoms. The third-order valence-corrected chi connectivity index (χ3v) is 9.89. The number of aliphatic hydroxyl groups is 1. The number of likely N-dealkylation sites (tertiary alicyclic amines) is 1. The second-order valence-electron chi connectivity index (χ2n) is 11.4. The molecule has 6 aliphatic rings. The van der Waals surface area contributed by atoms with E-state index in [1.54, 1.807) is 30.3 Å². The number of carbonyl (C=O) groups is 2. The first-order chi connectivity index (χ1) is 16.9. The van der Waals surface area contributed by atoms with Gasteiger partial charge in [0.2, 0.25) is 0 Å². The Bertz CT molecular complexity index is 1290. The largest absolute Gasteiger partial charge is 0.504 e. The second-order valence-corrected chi connectivity index (χ2v) is 11.4. The van der Waals surface area contributed by atoms with Crippen LogP contribution in [0.4, 0.5) is 0 Å². The Labute approximate surface area is 203 Å². The Balaban J connectivity index is 1.28. The number of phenols is 1. The minimum atomic E-state index is -1.04. The quantitative estimate of drug-likeness (QED) is 0.668. The van der Waals surface area contributed by atoms with Gasteiger partial charge in [-0.25, -0.2) is 0 Å². The first-order valence-corrected chi connectivity index (χ1v) is 12.9. The summed E-state index contributed by atoms with van der Waals surface area (Å²) >= 11 is 0. The van der Waals surface area contributed by atoms with E-state index in [1.807, 2.05) is 6.07 Å². The lowest BCUT2D eigenvalue weighted by Crippen LogP contribution is -2.78. The number of carbonyl (C=O) groups excluding carboxylic acids is 2. The molecule has 0 unspecified atom stereocenters. The summed E-state index contributed by atoms with van der Waals surface area (Å²) in [4.78, 5) is 30.8. The molecule has 0 aromatic heterocycles. The Hall–Kier alpha value is -2.90. The summed E-state index contributed by atoms with van der Waals surface area (Å²) in [6.45, 7) is 1.85. The van der Waals surface area contributed by atoms with Crippen molar-refractivity contribution >= 4 is 11.8 Å². The molecular formula is C28H28N2O5. The van der Waals surface area contributed by atoms with E-state index in [-0.39, 0.29) is 23.6 Å². The molecule has 3 aliphatic carbocycles. The van der Waals surface area contributed by atoms with Crippen LogP contribution in [0, 0.1) is 5.92 Å². The summed E-state index contributed by atoms with van der Waals surface area (Å²) in [6, 6.07) is 10.1. The van der Waals surface area contributed by atoms with Crippen molar-refractivity contribution in [3.05, 3.63) is 58.7 Å². The second kappa shape index (κ2) is 6.45. The number of nitrogens with zero attached hydrogens (tertiary/aromatic N) is 2. The lowest BCUT2D eigenvalue weighted by molar-refractivity contribution is -0.196. The summed E-state index contributed by atoms with van der Waals surface area (Å²) < 4.78 is 6.55. The SMILES string of the molecule is O=C1c2ccccc2C(=O)N1[C@@H]1CC[C@@]2(O)[C@@H]3Cc4ccc(O)c5c4[C@@]2(CCN3CC2CC2)[C@H]1O5. The fourth-order valence-electron chi connectivity index (χ4n) is 8.23. The third kappa shape index (κ3) is 2.30. The maximum Gasteiger partial charge on any atom is 0.261 e. The van der Waals surface area contributed by atoms with E-state index in [0.29, 0.717) is 36.1 Å². The number of hydrogen-bond acceptors (Lipinski definition) is 6. The predicted molar refractivity (Wildman–Crippen MR) is 126 cm³/mol. The highest BCUT2D eigenvalue weighted by Crippen LogP contribution is 2.66. The molecule has 3 aliphatic heterocycles. The van der Waals surface area contributed by atoms with Crippen LogP contribution in [-0.4, -0.2) is 68.7 Å². The summed E-state index contributed by atoms with van der Waals surface area (Å²) in [7, 11) is 0. The van der Waals surface area contributed by atoms with E-state index in [4.69, 9.17) is 4.74 Å².